The van der Waals surface area contributed by atoms with Gasteiger partial charge in [-0.05, 0) is 42.4 Å². The van der Waals surface area contributed by atoms with Crippen molar-refractivity contribution in [1.82, 2.24) is 0 Å². The smallest absolute Gasteiger partial charge is 0.306 e. The van der Waals surface area contributed by atoms with E-state index in [0.717, 1.165) is 32.1 Å². The summed E-state index contributed by atoms with van der Waals surface area (Å²) in [5.41, 5.74) is 4.03. The third-order valence-corrected chi connectivity index (χ3v) is 3.45. The molecule has 0 heterocycles. The number of carboxylic acid groups (broad SMARTS) is 1. The van der Waals surface area contributed by atoms with Crippen LogP contribution in [0.5, 0.6) is 0 Å². The van der Waals surface area contributed by atoms with Crippen molar-refractivity contribution in [2.45, 2.75) is 39.0 Å². The molecule has 0 aromatic heterocycles. The summed E-state index contributed by atoms with van der Waals surface area (Å²) >= 11 is 0. The lowest BCUT2D eigenvalue weighted by atomic mass is 9.81. The molecule has 0 fully saturated rings. The second-order valence-corrected chi connectivity index (χ2v) is 4.58. The van der Waals surface area contributed by atoms with Gasteiger partial charge in [0.25, 0.3) is 0 Å². The molecule has 86 valence electrons. The van der Waals surface area contributed by atoms with E-state index in [1.807, 2.05) is 0 Å². The third-order valence-electron chi connectivity index (χ3n) is 3.45. The first-order chi connectivity index (χ1) is 7.72. The Morgan fingerprint density at radius 1 is 1.50 bits per heavy atom. The maximum absolute atomic E-state index is 11.0. The first kappa shape index (κ1) is 11.2. The molecule has 1 aromatic rings. The van der Waals surface area contributed by atoms with Gasteiger partial charge in [-0.3, -0.25) is 4.79 Å². The summed E-state index contributed by atoms with van der Waals surface area (Å²) in [4.78, 5) is 11.0. The molecule has 2 nitrogen and oxygen atoms in total. The van der Waals surface area contributed by atoms with Gasteiger partial charge in [0.1, 0.15) is 0 Å². The summed E-state index contributed by atoms with van der Waals surface area (Å²) in [6.45, 7) is 2.16. The minimum atomic E-state index is -0.642. The molecule has 0 bridgehead atoms. The summed E-state index contributed by atoms with van der Waals surface area (Å²) in [6, 6.07) is 6.39. The highest BCUT2D eigenvalue weighted by Crippen LogP contribution is 2.28. The molecule has 0 saturated heterocycles. The quantitative estimate of drug-likeness (QED) is 0.847. The van der Waals surface area contributed by atoms with Gasteiger partial charge < -0.3 is 5.11 Å². The van der Waals surface area contributed by atoms with Gasteiger partial charge in [-0.15, -0.1) is 0 Å². The van der Waals surface area contributed by atoms with Crippen LogP contribution in [0.1, 0.15) is 36.5 Å². The van der Waals surface area contributed by atoms with E-state index in [1.54, 1.807) is 0 Å². The number of hydrogen-bond donors (Lipinski definition) is 1. The number of rotatable bonds is 3. The monoisotopic (exact) mass is 218 g/mol. The van der Waals surface area contributed by atoms with E-state index < -0.39 is 5.97 Å². The maximum atomic E-state index is 11.0. The standard InChI is InChI=1S/C14H18O2/c1-2-4-10-5-3-6-11-7-8-12(14(15)16)9-13(10)11/h3,5-6,12H,2,4,7-9H2,1H3,(H,15,16). The van der Waals surface area contributed by atoms with Gasteiger partial charge in [-0.2, -0.15) is 0 Å². The second kappa shape index (κ2) is 4.69. The minimum absolute atomic E-state index is 0.175. The van der Waals surface area contributed by atoms with Crippen LogP contribution in [0.3, 0.4) is 0 Å². The Morgan fingerprint density at radius 3 is 3.00 bits per heavy atom. The highest BCUT2D eigenvalue weighted by molar-refractivity contribution is 5.71. The molecule has 0 aliphatic heterocycles. The summed E-state index contributed by atoms with van der Waals surface area (Å²) in [5.74, 6) is -0.817. The highest BCUT2D eigenvalue weighted by Gasteiger charge is 2.25. The topological polar surface area (TPSA) is 37.3 Å². The molecule has 0 radical (unpaired) electrons. The van der Waals surface area contributed by atoms with E-state index >= 15 is 0 Å². The molecule has 2 rings (SSSR count). The van der Waals surface area contributed by atoms with E-state index in [4.69, 9.17) is 5.11 Å². The van der Waals surface area contributed by atoms with E-state index in [0.29, 0.717) is 0 Å². The van der Waals surface area contributed by atoms with Crippen molar-refractivity contribution in [1.29, 1.82) is 0 Å². The van der Waals surface area contributed by atoms with Crippen molar-refractivity contribution in [2.24, 2.45) is 5.92 Å². The molecule has 1 atom stereocenters. The van der Waals surface area contributed by atoms with Crippen LogP contribution < -0.4 is 0 Å². The molecule has 2 heteroatoms. The normalized spacial score (nSPS) is 19.2. The van der Waals surface area contributed by atoms with Crippen LogP contribution in [-0.2, 0) is 24.1 Å². The molecule has 0 amide bonds. The number of carbonyl (C=O) groups is 1. The van der Waals surface area contributed by atoms with Crippen molar-refractivity contribution in [3.8, 4) is 0 Å². The number of carboxylic acids is 1. The maximum Gasteiger partial charge on any atom is 0.306 e. The van der Waals surface area contributed by atoms with Crippen molar-refractivity contribution in [2.75, 3.05) is 0 Å². The summed E-state index contributed by atoms with van der Waals surface area (Å²) in [7, 11) is 0. The summed E-state index contributed by atoms with van der Waals surface area (Å²) in [5, 5.41) is 9.08. The molecule has 1 aliphatic carbocycles. The van der Waals surface area contributed by atoms with E-state index in [2.05, 4.69) is 25.1 Å². The fourth-order valence-corrected chi connectivity index (χ4v) is 2.58. The largest absolute Gasteiger partial charge is 0.481 e. The van der Waals surface area contributed by atoms with Crippen molar-refractivity contribution in [3.63, 3.8) is 0 Å². The molecule has 1 aliphatic rings. The lowest BCUT2D eigenvalue weighted by Crippen LogP contribution is -2.23. The minimum Gasteiger partial charge on any atom is -0.481 e. The predicted octanol–water partition coefficient (Wildman–Crippen LogP) is 2.83. The van der Waals surface area contributed by atoms with Gasteiger partial charge in [-0.25, -0.2) is 0 Å². The Labute approximate surface area is 96.3 Å². The van der Waals surface area contributed by atoms with E-state index in [-0.39, 0.29) is 5.92 Å². The first-order valence-electron chi connectivity index (χ1n) is 6.04. The summed E-state index contributed by atoms with van der Waals surface area (Å²) in [6.07, 6.45) is 4.62. The second-order valence-electron chi connectivity index (χ2n) is 4.58. The number of hydrogen-bond acceptors (Lipinski definition) is 1. The van der Waals surface area contributed by atoms with Crippen LogP contribution >= 0.6 is 0 Å². The summed E-state index contributed by atoms with van der Waals surface area (Å²) < 4.78 is 0. The van der Waals surface area contributed by atoms with Gasteiger partial charge in [0, 0.05) is 0 Å². The van der Waals surface area contributed by atoms with Crippen LogP contribution in [0.25, 0.3) is 0 Å². The average Bonchev–Trinajstić information content (AvgIpc) is 2.29. The van der Waals surface area contributed by atoms with Crippen molar-refractivity contribution >= 4 is 5.97 Å². The SMILES string of the molecule is CCCc1cccc2c1CC(C(=O)O)CC2. The van der Waals surface area contributed by atoms with Gasteiger partial charge in [0.15, 0.2) is 0 Å². The molecule has 1 unspecified atom stereocenters. The first-order valence-corrected chi connectivity index (χ1v) is 6.04. The molecular weight excluding hydrogens is 200 g/mol. The van der Waals surface area contributed by atoms with Gasteiger partial charge in [0.05, 0.1) is 5.92 Å². The van der Waals surface area contributed by atoms with Gasteiger partial charge in [0.2, 0.25) is 0 Å². The van der Waals surface area contributed by atoms with Crippen LogP contribution in [0.2, 0.25) is 0 Å². The molecule has 1 N–H and O–H groups in total. The lowest BCUT2D eigenvalue weighted by Gasteiger charge is -2.24. The van der Waals surface area contributed by atoms with Crippen LogP contribution in [0, 0.1) is 5.92 Å². The van der Waals surface area contributed by atoms with Gasteiger partial charge >= 0.3 is 5.97 Å². The molecule has 0 spiro atoms. The Balaban J connectivity index is 2.30. The van der Waals surface area contributed by atoms with Crippen LogP contribution in [-0.4, -0.2) is 11.1 Å². The fraction of sp³-hybridized carbons (Fsp3) is 0.500. The van der Waals surface area contributed by atoms with Crippen LogP contribution in [0.15, 0.2) is 18.2 Å². The van der Waals surface area contributed by atoms with E-state index in [1.165, 1.54) is 16.7 Å². The number of aliphatic carboxylic acids is 1. The fourth-order valence-electron chi connectivity index (χ4n) is 2.58. The molecule has 0 saturated carbocycles. The van der Waals surface area contributed by atoms with Crippen molar-refractivity contribution < 1.29 is 9.90 Å². The van der Waals surface area contributed by atoms with E-state index in [9.17, 15) is 4.79 Å². The third kappa shape index (κ3) is 2.11. The van der Waals surface area contributed by atoms with Crippen LogP contribution in [0.4, 0.5) is 0 Å². The predicted molar refractivity (Wildman–Crippen MR) is 63.6 cm³/mol. The number of aryl methyl sites for hydroxylation is 2. The van der Waals surface area contributed by atoms with Gasteiger partial charge in [-0.1, -0.05) is 31.5 Å². The lowest BCUT2D eigenvalue weighted by molar-refractivity contribution is -0.142. The average molecular weight is 218 g/mol. The zero-order valence-electron chi connectivity index (χ0n) is 9.70. The zero-order valence-corrected chi connectivity index (χ0v) is 9.70. The van der Waals surface area contributed by atoms with Crippen molar-refractivity contribution in [3.05, 3.63) is 34.9 Å². The Morgan fingerprint density at radius 2 is 2.31 bits per heavy atom. The molecule has 1 aromatic carbocycles. The Bertz CT molecular complexity index is 396. The molecule has 16 heavy (non-hydrogen) atoms. The highest BCUT2D eigenvalue weighted by atomic mass is 16.4. The number of fused-ring (bicyclic) bond motifs is 1. The molecular formula is C14H18O2. The Hall–Kier alpha value is -1.31. The number of benzene rings is 1. The Kier molecular flexibility index (Phi) is 3.28. The zero-order chi connectivity index (χ0) is 11.5.